The fourth-order valence-electron chi connectivity index (χ4n) is 0.877. The molecule has 11 heavy (non-hydrogen) atoms. The fourth-order valence-corrected chi connectivity index (χ4v) is 0.877. The van der Waals surface area contributed by atoms with Gasteiger partial charge in [-0.05, 0) is 6.44 Å². The molecule has 1 saturated heterocycles. The molecule has 6 heteroatoms. The van der Waals surface area contributed by atoms with Crippen molar-refractivity contribution in [2.24, 2.45) is 0 Å². The van der Waals surface area contributed by atoms with Crippen molar-refractivity contribution in [3.8, 4) is 0 Å². The summed E-state index contributed by atoms with van der Waals surface area (Å²) in [5, 5.41) is 0. The lowest BCUT2D eigenvalue weighted by molar-refractivity contribution is -0.324. The number of hydrogen-bond acceptors (Lipinski definition) is 2. The molecular formula is C5H7BF3NO. The van der Waals surface area contributed by atoms with Crippen molar-refractivity contribution in [2.45, 2.75) is 12.4 Å². The van der Waals surface area contributed by atoms with Crippen molar-refractivity contribution in [3.63, 3.8) is 0 Å². The minimum absolute atomic E-state index is 0.104. The average Bonchev–Trinajstić information content (AvgIpc) is 1.95. The number of morpholine rings is 1. The third-order valence-corrected chi connectivity index (χ3v) is 1.51. The maximum Gasteiger partial charge on any atom is 0.400 e. The Kier molecular flexibility index (Phi) is 2.44. The van der Waals surface area contributed by atoms with Gasteiger partial charge in [-0.1, -0.05) is 0 Å². The van der Waals surface area contributed by atoms with Gasteiger partial charge in [-0.25, -0.2) is 4.39 Å². The van der Waals surface area contributed by atoms with Gasteiger partial charge in [0.2, 0.25) is 6.30 Å². The van der Waals surface area contributed by atoms with Gasteiger partial charge in [-0.15, -0.1) is 0 Å². The van der Waals surface area contributed by atoms with Crippen LogP contribution in [0.5, 0.6) is 0 Å². The lowest BCUT2D eigenvalue weighted by Crippen LogP contribution is -2.53. The van der Waals surface area contributed by atoms with Crippen LogP contribution in [-0.2, 0) is 4.74 Å². The molecule has 0 amide bonds. The molecule has 0 saturated carbocycles. The molecule has 62 valence electrons. The quantitative estimate of drug-likeness (QED) is 0.410. The second-order valence-electron chi connectivity index (χ2n) is 2.24. The zero-order valence-corrected chi connectivity index (χ0v) is 5.77. The van der Waals surface area contributed by atoms with Crippen LogP contribution in [0.15, 0.2) is 0 Å². The van der Waals surface area contributed by atoms with E-state index in [9.17, 15) is 13.2 Å². The lowest BCUT2D eigenvalue weighted by atomic mass is 10.1. The topological polar surface area (TPSA) is 12.5 Å². The zero-order valence-electron chi connectivity index (χ0n) is 5.77. The van der Waals surface area contributed by atoms with Gasteiger partial charge in [-0.3, -0.25) is 4.90 Å². The van der Waals surface area contributed by atoms with Crippen molar-refractivity contribution in [1.29, 1.82) is 0 Å². The van der Waals surface area contributed by atoms with Crippen LogP contribution >= 0.6 is 0 Å². The Morgan fingerprint density at radius 2 is 2.27 bits per heavy atom. The third kappa shape index (κ3) is 1.68. The van der Waals surface area contributed by atoms with Crippen molar-refractivity contribution < 1.29 is 17.9 Å². The van der Waals surface area contributed by atoms with Crippen LogP contribution < -0.4 is 0 Å². The van der Waals surface area contributed by atoms with Crippen molar-refractivity contribution >= 4 is 7.85 Å². The zero-order chi connectivity index (χ0) is 8.48. The molecule has 0 N–H and O–H groups in total. The first-order valence-corrected chi connectivity index (χ1v) is 3.18. The second kappa shape index (κ2) is 3.02. The first-order chi connectivity index (χ1) is 5.08. The smallest absolute Gasteiger partial charge is 0.316 e. The number of nitrogens with zero attached hydrogens (tertiary/aromatic N) is 1. The highest BCUT2D eigenvalue weighted by Gasteiger charge is 2.47. The minimum Gasteiger partial charge on any atom is -0.316 e. The summed E-state index contributed by atoms with van der Waals surface area (Å²) in [6, 6.07) is 0. The summed E-state index contributed by atoms with van der Waals surface area (Å²) in [5.41, 5.74) is 0. The van der Waals surface area contributed by atoms with Crippen LogP contribution in [0.4, 0.5) is 13.2 Å². The maximum absolute atomic E-state index is 12.6. The Morgan fingerprint density at radius 1 is 1.64 bits per heavy atom. The predicted octanol–water partition coefficient (Wildman–Crippen LogP) is 0.333. The van der Waals surface area contributed by atoms with Crippen molar-refractivity contribution in [1.82, 2.24) is 4.90 Å². The summed E-state index contributed by atoms with van der Waals surface area (Å²) in [7, 11) is 5.01. The van der Waals surface area contributed by atoms with Gasteiger partial charge in [0.05, 0.1) is 14.5 Å². The Hall–Kier alpha value is -0.225. The highest BCUT2D eigenvalue weighted by molar-refractivity contribution is 6.08. The standard InChI is InChI=1S/C5H7BF3NO/c6-3-10-1-2-11-5(8,9)4(10)7/h4H,1-3H2. The monoisotopic (exact) mass is 165 g/mol. The summed E-state index contributed by atoms with van der Waals surface area (Å²) in [6.45, 7) is -0.0854. The van der Waals surface area contributed by atoms with Gasteiger partial charge in [0, 0.05) is 6.54 Å². The summed E-state index contributed by atoms with van der Waals surface area (Å²) < 4.78 is 41.2. The van der Waals surface area contributed by atoms with E-state index in [4.69, 9.17) is 7.85 Å². The van der Waals surface area contributed by atoms with E-state index in [1.54, 1.807) is 0 Å². The third-order valence-electron chi connectivity index (χ3n) is 1.51. The maximum atomic E-state index is 12.6. The van der Waals surface area contributed by atoms with Crippen LogP contribution in [0.3, 0.4) is 0 Å². The largest absolute Gasteiger partial charge is 0.400 e. The van der Waals surface area contributed by atoms with Gasteiger partial charge in [0.25, 0.3) is 0 Å². The van der Waals surface area contributed by atoms with Gasteiger partial charge in [-0.2, -0.15) is 8.78 Å². The molecule has 1 heterocycles. The molecule has 1 atom stereocenters. The summed E-state index contributed by atoms with van der Waals surface area (Å²) in [6.07, 6.45) is -6.35. The molecule has 0 aromatic carbocycles. The fraction of sp³-hybridized carbons (Fsp3) is 1.00. The molecular weight excluding hydrogens is 158 g/mol. The molecule has 0 aromatic heterocycles. The molecule has 1 rings (SSSR count). The molecule has 1 fully saturated rings. The van der Waals surface area contributed by atoms with E-state index in [2.05, 4.69) is 4.74 Å². The Balaban J connectivity index is 2.60. The molecule has 2 radical (unpaired) electrons. The Bertz CT molecular complexity index is 146. The normalized spacial score (nSPS) is 32.1. The van der Waals surface area contributed by atoms with Crippen LogP contribution in [0.25, 0.3) is 0 Å². The van der Waals surface area contributed by atoms with Crippen LogP contribution in [-0.4, -0.2) is 44.7 Å². The molecule has 0 spiro atoms. The number of rotatable bonds is 1. The number of ether oxygens (including phenoxy) is 1. The predicted molar refractivity (Wildman–Crippen MR) is 33.1 cm³/mol. The molecule has 2 nitrogen and oxygen atoms in total. The van der Waals surface area contributed by atoms with E-state index in [0.717, 1.165) is 4.90 Å². The van der Waals surface area contributed by atoms with Gasteiger partial charge >= 0.3 is 6.11 Å². The van der Waals surface area contributed by atoms with Gasteiger partial charge < -0.3 is 4.74 Å². The van der Waals surface area contributed by atoms with E-state index >= 15 is 0 Å². The summed E-state index contributed by atoms with van der Waals surface area (Å²) in [4.78, 5) is 0.823. The summed E-state index contributed by atoms with van der Waals surface area (Å²) in [5.74, 6) is 0. The Labute approximate surface area is 63.7 Å². The van der Waals surface area contributed by atoms with Crippen LogP contribution in [0, 0.1) is 0 Å². The number of hydrogen-bond donors (Lipinski definition) is 0. The first kappa shape index (κ1) is 8.87. The van der Waals surface area contributed by atoms with E-state index in [1.807, 2.05) is 0 Å². The lowest BCUT2D eigenvalue weighted by Gasteiger charge is -2.34. The minimum atomic E-state index is -3.71. The van der Waals surface area contributed by atoms with Crippen molar-refractivity contribution in [2.75, 3.05) is 19.6 Å². The number of alkyl halides is 3. The SMILES string of the molecule is [B]CN1CCOC(F)(F)C1F. The average molecular weight is 165 g/mol. The van der Waals surface area contributed by atoms with Gasteiger partial charge in [0.15, 0.2) is 0 Å². The van der Waals surface area contributed by atoms with E-state index in [-0.39, 0.29) is 19.6 Å². The molecule has 0 aromatic rings. The van der Waals surface area contributed by atoms with E-state index in [0.29, 0.717) is 0 Å². The second-order valence-corrected chi connectivity index (χ2v) is 2.24. The number of halogens is 3. The van der Waals surface area contributed by atoms with Crippen LogP contribution in [0.1, 0.15) is 0 Å². The van der Waals surface area contributed by atoms with Gasteiger partial charge in [0.1, 0.15) is 0 Å². The molecule has 1 aliphatic rings. The highest BCUT2D eigenvalue weighted by atomic mass is 19.3. The summed E-state index contributed by atoms with van der Waals surface area (Å²) >= 11 is 0. The first-order valence-electron chi connectivity index (χ1n) is 3.18. The van der Waals surface area contributed by atoms with E-state index < -0.39 is 12.4 Å². The molecule has 1 unspecified atom stereocenters. The molecule has 0 aliphatic carbocycles. The van der Waals surface area contributed by atoms with E-state index in [1.165, 1.54) is 0 Å². The Morgan fingerprint density at radius 3 is 2.73 bits per heavy atom. The highest BCUT2D eigenvalue weighted by Crippen LogP contribution is 2.28. The van der Waals surface area contributed by atoms with Crippen LogP contribution in [0.2, 0.25) is 0 Å². The molecule has 1 aliphatic heterocycles. The molecule has 0 bridgehead atoms. The van der Waals surface area contributed by atoms with Crippen molar-refractivity contribution in [3.05, 3.63) is 0 Å².